The fraction of sp³-hybridized carbons (Fsp3) is 0.600. The molecule has 1 amide bonds. The van der Waals surface area contributed by atoms with Gasteiger partial charge in [0.2, 0.25) is 5.91 Å². The molecule has 0 bridgehead atoms. The van der Waals surface area contributed by atoms with E-state index >= 15 is 0 Å². The number of unbranched alkanes of at least 4 members (excludes halogenated alkanes) is 10. The monoisotopic (exact) mass is 454 g/mol. The van der Waals surface area contributed by atoms with E-state index in [1.165, 1.54) is 51.4 Å². The smallest absolute Gasteiger partial charge is 1.00 e. The number of carboxylic acids is 1. The molecule has 1 heterocycles. The zero-order valence-corrected chi connectivity index (χ0v) is 22.5. The number of hydrogen-bond donors (Lipinski definition) is 3. The maximum atomic E-state index is 12.2. The number of aromatic nitrogens is 1. The Hall–Kier alpha value is -0.664. The Kier molecular flexibility index (Phi) is 15.5. The van der Waals surface area contributed by atoms with Gasteiger partial charge in [-0.05, 0) is 18.1 Å². The number of aliphatic carboxylic acids is 1. The van der Waals surface area contributed by atoms with Crippen LogP contribution in [0.1, 0.15) is 91.0 Å². The van der Waals surface area contributed by atoms with Crippen LogP contribution in [0.4, 0.5) is 0 Å². The van der Waals surface area contributed by atoms with Crippen LogP contribution in [0.25, 0.3) is 10.9 Å². The van der Waals surface area contributed by atoms with Gasteiger partial charge in [-0.1, -0.05) is 89.3 Å². The molecule has 31 heavy (non-hydrogen) atoms. The molecule has 1 atom stereocenters. The third-order valence-electron chi connectivity index (χ3n) is 5.74. The summed E-state index contributed by atoms with van der Waals surface area (Å²) in [4.78, 5) is 27.0. The van der Waals surface area contributed by atoms with E-state index in [-0.39, 0.29) is 65.1 Å². The summed E-state index contributed by atoms with van der Waals surface area (Å²) >= 11 is 0. The van der Waals surface area contributed by atoms with Crippen molar-refractivity contribution >= 4 is 22.8 Å². The maximum Gasteiger partial charge on any atom is 1.00 e. The minimum atomic E-state index is -0.993. The molecule has 0 aliphatic carbocycles. The molecular weight excluding hydrogens is 415 g/mol. The number of carbonyl (C=O) groups is 2. The summed E-state index contributed by atoms with van der Waals surface area (Å²) in [7, 11) is 0. The van der Waals surface area contributed by atoms with Gasteiger partial charge in [0.25, 0.3) is 0 Å². The zero-order chi connectivity index (χ0) is 21.6. The Morgan fingerprint density at radius 2 is 1.55 bits per heavy atom. The Morgan fingerprint density at radius 3 is 2.16 bits per heavy atom. The van der Waals surface area contributed by atoms with E-state index in [1.807, 2.05) is 30.5 Å². The Labute approximate surface area is 231 Å². The van der Waals surface area contributed by atoms with Crippen LogP contribution < -0.4 is 56.7 Å². The predicted octanol–water partition coefficient (Wildman–Crippen LogP) is 3.10. The number of hydrogen-bond acceptors (Lipinski definition) is 2. The fourth-order valence-corrected chi connectivity index (χ4v) is 3.94. The van der Waals surface area contributed by atoms with Crippen molar-refractivity contribution < 1.29 is 67.5 Å². The molecule has 0 unspecified atom stereocenters. The van der Waals surface area contributed by atoms with E-state index in [2.05, 4.69) is 17.2 Å². The second-order valence-electron chi connectivity index (χ2n) is 8.31. The normalized spacial score (nSPS) is 11.8. The van der Waals surface area contributed by atoms with Gasteiger partial charge in [0.1, 0.15) is 6.04 Å². The number of rotatable bonds is 16. The number of para-hydroxylation sites is 1. The van der Waals surface area contributed by atoms with E-state index in [0.29, 0.717) is 6.42 Å². The third kappa shape index (κ3) is 11.2. The topological polar surface area (TPSA) is 82.2 Å². The molecular formula is C25H39KN2O3. The number of fused-ring (bicyclic) bond motifs is 1. The van der Waals surface area contributed by atoms with Crippen LogP contribution in [0.2, 0.25) is 0 Å². The molecule has 6 heteroatoms. The Balaban J connectivity index is 0.00000480. The first-order valence-electron chi connectivity index (χ1n) is 11.7. The molecule has 0 aliphatic heterocycles. The number of aromatic amines is 1. The number of carboxylic acid groups (broad SMARTS) is 1. The van der Waals surface area contributed by atoms with Crippen LogP contribution in [-0.2, 0) is 16.0 Å². The van der Waals surface area contributed by atoms with Gasteiger partial charge in [-0.3, -0.25) is 4.79 Å². The molecule has 2 aromatic rings. The van der Waals surface area contributed by atoms with Crippen molar-refractivity contribution in [3.8, 4) is 0 Å². The average molecular weight is 455 g/mol. The molecule has 0 radical (unpaired) electrons. The number of carbonyl (C=O) groups excluding carboxylic acids is 1. The largest absolute Gasteiger partial charge is 1.00 e. The summed E-state index contributed by atoms with van der Waals surface area (Å²) < 4.78 is 0. The van der Waals surface area contributed by atoms with Crippen molar-refractivity contribution in [3.63, 3.8) is 0 Å². The first kappa shape index (κ1) is 28.4. The van der Waals surface area contributed by atoms with Crippen molar-refractivity contribution in [2.45, 2.75) is 96.4 Å². The summed E-state index contributed by atoms with van der Waals surface area (Å²) in [5.74, 6) is -1.16. The van der Waals surface area contributed by atoms with Crippen LogP contribution in [0.5, 0.6) is 0 Å². The zero-order valence-electron chi connectivity index (χ0n) is 20.4. The van der Waals surface area contributed by atoms with E-state index in [4.69, 9.17) is 0 Å². The first-order chi connectivity index (χ1) is 14.6. The Morgan fingerprint density at radius 1 is 0.968 bits per heavy atom. The van der Waals surface area contributed by atoms with Gasteiger partial charge in [-0.2, -0.15) is 0 Å². The van der Waals surface area contributed by atoms with E-state index in [1.54, 1.807) is 0 Å². The molecule has 1 aromatic carbocycles. The van der Waals surface area contributed by atoms with E-state index < -0.39 is 12.0 Å². The maximum absolute atomic E-state index is 12.2. The fourth-order valence-electron chi connectivity index (χ4n) is 3.94. The summed E-state index contributed by atoms with van der Waals surface area (Å²) in [6.07, 6.45) is 16.1. The van der Waals surface area contributed by atoms with Crippen LogP contribution >= 0.6 is 0 Å². The van der Waals surface area contributed by atoms with Crippen LogP contribution in [-0.4, -0.2) is 28.0 Å². The number of benzene rings is 1. The SMILES string of the molecule is CCCCCCCCCCCCCC(=O)N[C@H](Cc1c[nH]c2ccccc12)C(=O)O.[H-].[K+]. The second kappa shape index (κ2) is 16.9. The summed E-state index contributed by atoms with van der Waals surface area (Å²) in [5, 5.41) is 13.2. The quantitative estimate of drug-likeness (QED) is 0.269. The number of nitrogens with one attached hydrogen (secondary N) is 2. The van der Waals surface area contributed by atoms with Gasteiger partial charge in [-0.25, -0.2) is 4.79 Å². The van der Waals surface area contributed by atoms with E-state index in [0.717, 1.165) is 35.7 Å². The molecule has 168 valence electrons. The average Bonchev–Trinajstić information content (AvgIpc) is 3.14. The summed E-state index contributed by atoms with van der Waals surface area (Å²) in [5.41, 5.74) is 1.89. The van der Waals surface area contributed by atoms with Crippen LogP contribution in [0, 0.1) is 0 Å². The summed E-state index contributed by atoms with van der Waals surface area (Å²) in [6, 6.07) is 6.89. The molecule has 0 saturated heterocycles. The van der Waals surface area contributed by atoms with Crippen LogP contribution in [0.3, 0.4) is 0 Å². The molecule has 0 saturated carbocycles. The molecule has 2 rings (SSSR count). The van der Waals surface area contributed by atoms with Gasteiger partial charge < -0.3 is 16.8 Å². The van der Waals surface area contributed by atoms with Gasteiger partial charge >= 0.3 is 57.4 Å². The van der Waals surface area contributed by atoms with E-state index in [9.17, 15) is 14.7 Å². The standard InChI is InChI=1S/C25H38N2O3.K.H/c1-2-3-4-5-6-7-8-9-10-11-12-17-24(28)27-23(25(29)30)18-20-19-26-22-16-14-13-15-21(20)22;;/h13-16,19,23,26H,2-12,17-18H2,1H3,(H,27,28)(H,29,30);;/q;+1;-1/t23-;;/m1../s1. The first-order valence-corrected chi connectivity index (χ1v) is 11.7. The van der Waals surface area contributed by atoms with Crippen molar-refractivity contribution in [2.75, 3.05) is 0 Å². The number of H-pyrrole nitrogens is 1. The van der Waals surface area contributed by atoms with Crippen LogP contribution in [0.15, 0.2) is 30.5 Å². The van der Waals surface area contributed by atoms with Gasteiger partial charge in [0.15, 0.2) is 0 Å². The van der Waals surface area contributed by atoms with Gasteiger partial charge in [-0.15, -0.1) is 0 Å². The predicted molar refractivity (Wildman–Crippen MR) is 124 cm³/mol. The molecule has 0 aliphatic rings. The van der Waals surface area contributed by atoms with Gasteiger partial charge in [0.05, 0.1) is 0 Å². The molecule has 0 fully saturated rings. The van der Waals surface area contributed by atoms with Gasteiger partial charge in [0, 0.05) is 29.9 Å². The summed E-state index contributed by atoms with van der Waals surface area (Å²) in [6.45, 7) is 2.24. The molecule has 3 N–H and O–H groups in total. The minimum absolute atomic E-state index is 0. The molecule has 0 spiro atoms. The minimum Gasteiger partial charge on any atom is -1.00 e. The van der Waals surface area contributed by atoms with Crippen molar-refractivity contribution in [1.82, 2.24) is 10.3 Å². The number of amides is 1. The molecule has 1 aromatic heterocycles. The Bertz CT molecular complexity index is 781. The second-order valence-corrected chi connectivity index (χ2v) is 8.31. The van der Waals surface area contributed by atoms with Crippen molar-refractivity contribution in [1.29, 1.82) is 0 Å². The van der Waals surface area contributed by atoms with Crippen molar-refractivity contribution in [3.05, 3.63) is 36.0 Å². The molecule has 5 nitrogen and oxygen atoms in total. The third-order valence-corrected chi connectivity index (χ3v) is 5.74. The van der Waals surface area contributed by atoms with Crippen molar-refractivity contribution in [2.24, 2.45) is 0 Å².